The molecule has 43 heavy (non-hydrogen) atoms. The van der Waals surface area contributed by atoms with Gasteiger partial charge in [-0.1, -0.05) is 101 Å². The Morgan fingerprint density at radius 2 is 1.28 bits per heavy atom. The number of esters is 2. The highest BCUT2D eigenvalue weighted by Crippen LogP contribution is 2.43. The number of nitrogens with two attached hydrogens (primary N) is 1. The lowest BCUT2D eigenvalue weighted by molar-refractivity contribution is -0.161. The maximum atomic E-state index is 12.3. The number of carbonyl (C=O) groups excluding carboxylic acids is 2. The topological polar surface area (TPSA) is 134 Å². The Bertz CT molecular complexity index is 856. The first kappa shape index (κ1) is 41.0. The lowest BCUT2D eigenvalue weighted by Gasteiger charge is -2.19. The van der Waals surface area contributed by atoms with Gasteiger partial charge in [-0.25, -0.2) is 4.57 Å². The van der Waals surface area contributed by atoms with E-state index in [1.54, 1.807) is 0 Å². The second kappa shape index (κ2) is 30.0. The molecule has 2 unspecified atom stereocenters. The Kier molecular flexibility index (Phi) is 28.6. The van der Waals surface area contributed by atoms with E-state index in [2.05, 4.69) is 60.1 Å². The first-order chi connectivity index (χ1) is 20.8. The van der Waals surface area contributed by atoms with E-state index >= 15 is 0 Å². The van der Waals surface area contributed by atoms with Crippen LogP contribution in [0, 0.1) is 0 Å². The Hall–Kier alpha value is -2.03. The summed E-state index contributed by atoms with van der Waals surface area (Å²) in [5.74, 6) is -0.906. The van der Waals surface area contributed by atoms with E-state index < -0.39 is 32.5 Å². The average molecular weight is 628 g/mol. The van der Waals surface area contributed by atoms with Crippen LogP contribution in [0.5, 0.6) is 0 Å². The third kappa shape index (κ3) is 29.8. The summed E-state index contributed by atoms with van der Waals surface area (Å²) in [5.41, 5.74) is 5.27. The molecule has 0 aliphatic carbocycles. The van der Waals surface area contributed by atoms with Gasteiger partial charge in [-0.3, -0.25) is 18.6 Å². The van der Waals surface area contributed by atoms with Crippen molar-refractivity contribution < 1.29 is 37.6 Å². The molecule has 2 atom stereocenters. The number of hydrogen-bond donors (Lipinski definition) is 2. The molecule has 0 heterocycles. The average Bonchev–Trinajstić information content (AvgIpc) is 2.98. The molecule has 9 nitrogen and oxygen atoms in total. The maximum Gasteiger partial charge on any atom is 0.472 e. The molecule has 0 aromatic carbocycles. The van der Waals surface area contributed by atoms with Crippen LogP contribution in [-0.4, -0.2) is 49.3 Å². The number of rotatable bonds is 29. The van der Waals surface area contributed by atoms with Gasteiger partial charge in [0.2, 0.25) is 0 Å². The van der Waals surface area contributed by atoms with Crippen LogP contribution in [0.3, 0.4) is 0 Å². The molecular formula is C33H58NO8P. The van der Waals surface area contributed by atoms with Gasteiger partial charge in [-0.05, 0) is 51.4 Å². The second-order valence-corrected chi connectivity index (χ2v) is 11.8. The Morgan fingerprint density at radius 1 is 0.721 bits per heavy atom. The first-order valence-electron chi connectivity index (χ1n) is 16.1. The summed E-state index contributed by atoms with van der Waals surface area (Å²) >= 11 is 0. The molecule has 10 heteroatoms. The number of ether oxygens (including phenoxy) is 2. The molecule has 0 aliphatic rings. The third-order valence-corrected chi connectivity index (χ3v) is 7.18. The smallest absolute Gasteiger partial charge is 0.462 e. The molecule has 0 aromatic rings. The van der Waals surface area contributed by atoms with Crippen molar-refractivity contribution >= 4 is 19.8 Å². The van der Waals surface area contributed by atoms with Crippen molar-refractivity contribution in [2.45, 2.75) is 123 Å². The zero-order valence-electron chi connectivity index (χ0n) is 26.7. The van der Waals surface area contributed by atoms with Crippen LogP contribution in [0.2, 0.25) is 0 Å². The minimum Gasteiger partial charge on any atom is -0.462 e. The van der Waals surface area contributed by atoms with Gasteiger partial charge in [-0.2, -0.15) is 0 Å². The Labute approximate surface area is 260 Å². The van der Waals surface area contributed by atoms with Gasteiger partial charge in [0.25, 0.3) is 0 Å². The quantitative estimate of drug-likeness (QED) is 0.0366. The van der Waals surface area contributed by atoms with Gasteiger partial charge < -0.3 is 20.1 Å². The van der Waals surface area contributed by atoms with E-state index in [1.807, 2.05) is 6.92 Å². The molecule has 248 valence electrons. The summed E-state index contributed by atoms with van der Waals surface area (Å²) in [6.45, 7) is 3.18. The molecule has 0 radical (unpaired) electrons. The van der Waals surface area contributed by atoms with Crippen molar-refractivity contribution in [1.29, 1.82) is 0 Å². The van der Waals surface area contributed by atoms with Crippen molar-refractivity contribution in [3.8, 4) is 0 Å². The molecule has 3 N–H and O–H groups in total. The monoisotopic (exact) mass is 627 g/mol. The minimum atomic E-state index is -4.35. The van der Waals surface area contributed by atoms with Gasteiger partial charge in [0, 0.05) is 19.4 Å². The number of phosphoric ester groups is 1. The Balaban J connectivity index is 3.94. The van der Waals surface area contributed by atoms with Crippen molar-refractivity contribution in [2.24, 2.45) is 5.73 Å². The van der Waals surface area contributed by atoms with Crippen molar-refractivity contribution in [3.05, 3.63) is 48.6 Å². The number of phosphoric acid groups is 1. The highest BCUT2D eigenvalue weighted by molar-refractivity contribution is 7.47. The maximum absolute atomic E-state index is 12.3. The summed E-state index contributed by atoms with van der Waals surface area (Å²) in [6, 6.07) is 0. The molecule has 0 rings (SSSR count). The largest absolute Gasteiger partial charge is 0.472 e. The van der Waals surface area contributed by atoms with Gasteiger partial charge in [0.1, 0.15) is 6.61 Å². The lowest BCUT2D eigenvalue weighted by atomic mass is 10.1. The SMILES string of the molecule is CC/C=C\C/C=C\C/C=C\C/C=C\CCCCCCCCCCC(=O)OC(COC(=O)CCC)COP(=O)(O)OCCN. The predicted octanol–water partition coefficient (Wildman–Crippen LogP) is 8.04. The molecule has 0 spiro atoms. The fourth-order valence-corrected chi connectivity index (χ4v) is 4.66. The zero-order valence-corrected chi connectivity index (χ0v) is 27.6. The molecule has 0 bridgehead atoms. The number of carbonyl (C=O) groups is 2. The van der Waals surface area contributed by atoms with E-state index in [9.17, 15) is 19.0 Å². The third-order valence-electron chi connectivity index (χ3n) is 6.20. The second-order valence-electron chi connectivity index (χ2n) is 10.3. The van der Waals surface area contributed by atoms with Crippen LogP contribution >= 0.6 is 7.82 Å². The number of allylic oxidation sites excluding steroid dienone is 8. The minimum absolute atomic E-state index is 0.0492. The van der Waals surface area contributed by atoms with Crippen molar-refractivity contribution in [1.82, 2.24) is 0 Å². The van der Waals surface area contributed by atoms with Crippen LogP contribution in [0.25, 0.3) is 0 Å². The highest BCUT2D eigenvalue weighted by atomic mass is 31.2. The fourth-order valence-electron chi connectivity index (χ4n) is 3.90. The summed E-state index contributed by atoms with van der Waals surface area (Å²) in [4.78, 5) is 33.7. The predicted molar refractivity (Wildman–Crippen MR) is 173 cm³/mol. The molecule has 0 saturated heterocycles. The fraction of sp³-hybridized carbons (Fsp3) is 0.697. The molecule has 0 aromatic heterocycles. The van der Waals surface area contributed by atoms with Crippen molar-refractivity contribution in [2.75, 3.05) is 26.4 Å². The van der Waals surface area contributed by atoms with E-state index in [0.717, 1.165) is 51.4 Å². The van der Waals surface area contributed by atoms with E-state index in [-0.39, 0.29) is 32.6 Å². The van der Waals surface area contributed by atoms with Gasteiger partial charge in [-0.15, -0.1) is 0 Å². The molecule has 0 saturated carbocycles. The normalized spacial score (nSPS) is 14.2. The van der Waals surface area contributed by atoms with Crippen molar-refractivity contribution in [3.63, 3.8) is 0 Å². The molecule has 0 fully saturated rings. The zero-order chi connectivity index (χ0) is 31.9. The summed E-state index contributed by atoms with van der Waals surface area (Å²) < 4.78 is 31.9. The van der Waals surface area contributed by atoms with Gasteiger partial charge in [0.05, 0.1) is 13.2 Å². The highest BCUT2D eigenvalue weighted by Gasteiger charge is 2.25. The van der Waals surface area contributed by atoms with Gasteiger partial charge in [0.15, 0.2) is 6.10 Å². The number of unbranched alkanes of at least 4 members (excludes halogenated alkanes) is 8. The number of hydrogen-bond acceptors (Lipinski definition) is 8. The molecule has 0 amide bonds. The summed E-state index contributed by atoms with van der Waals surface area (Å²) in [6.07, 6.45) is 31.7. The van der Waals surface area contributed by atoms with E-state index in [1.165, 1.54) is 25.7 Å². The van der Waals surface area contributed by atoms with Crippen LogP contribution in [0.15, 0.2) is 48.6 Å². The first-order valence-corrected chi connectivity index (χ1v) is 17.6. The van der Waals surface area contributed by atoms with Crippen LogP contribution in [0.4, 0.5) is 0 Å². The van der Waals surface area contributed by atoms with Crippen LogP contribution in [0.1, 0.15) is 117 Å². The van der Waals surface area contributed by atoms with E-state index in [4.69, 9.17) is 19.7 Å². The van der Waals surface area contributed by atoms with Crippen LogP contribution in [-0.2, 0) is 32.7 Å². The summed E-state index contributed by atoms with van der Waals surface area (Å²) in [7, 11) is -4.35. The van der Waals surface area contributed by atoms with Crippen LogP contribution < -0.4 is 5.73 Å². The molecular weight excluding hydrogens is 569 g/mol. The standard InChI is InChI=1S/C33H58NO8P/c1-3-5-6-7-8-9-10-11-12-13-14-15-16-17-18-19-20-21-22-23-24-26-33(36)42-31(29-39-32(35)25-4-2)30-41-43(37,38)40-28-27-34/h5-6,8-9,11-12,14-15,31H,3-4,7,10,13,16-30,34H2,1-2H3,(H,37,38)/b6-5-,9-8-,12-11-,15-14-. The lowest BCUT2D eigenvalue weighted by Crippen LogP contribution is -2.29. The molecule has 0 aliphatic heterocycles. The summed E-state index contributed by atoms with van der Waals surface area (Å²) in [5, 5.41) is 0. The van der Waals surface area contributed by atoms with Gasteiger partial charge >= 0.3 is 19.8 Å². The Morgan fingerprint density at radius 3 is 1.86 bits per heavy atom. The van der Waals surface area contributed by atoms with E-state index in [0.29, 0.717) is 12.8 Å².